The van der Waals surface area contributed by atoms with Crippen LogP contribution in [-0.4, -0.2) is 78.4 Å². The zero-order valence-corrected chi connectivity index (χ0v) is 12.4. The fourth-order valence-corrected chi connectivity index (χ4v) is 1.44. The molecule has 0 aromatic carbocycles. The predicted octanol–water partition coefficient (Wildman–Crippen LogP) is -8.24. The van der Waals surface area contributed by atoms with Gasteiger partial charge in [0.2, 0.25) is 0 Å². The molecule has 0 saturated carbocycles. The summed E-state index contributed by atoms with van der Waals surface area (Å²) in [6, 6.07) is 0. The van der Waals surface area contributed by atoms with Crippen LogP contribution in [0, 0.1) is 0 Å². The second-order valence-corrected chi connectivity index (χ2v) is 3.91. The molecule has 0 spiro atoms. The summed E-state index contributed by atoms with van der Waals surface area (Å²) in [6.07, 6.45) is 0. The number of carboxylic acids is 4. The van der Waals surface area contributed by atoms with E-state index in [-0.39, 0.29) is 35.6 Å². The Labute approximate surface area is 135 Å². The fourth-order valence-electron chi connectivity index (χ4n) is 1.44. The third-order valence-electron chi connectivity index (χ3n) is 2.14. The van der Waals surface area contributed by atoms with E-state index in [4.69, 9.17) is 0 Å². The van der Waals surface area contributed by atoms with Gasteiger partial charge in [0.1, 0.15) is 0 Å². The second-order valence-electron chi connectivity index (χ2n) is 3.91. The zero-order valence-electron chi connectivity index (χ0n) is 11.3. The Kier molecular flexibility index (Phi) is 14.9. The number of carboxylic acid groups (broad SMARTS) is 4. The maximum atomic E-state index is 10.4. The van der Waals surface area contributed by atoms with E-state index in [2.05, 4.69) is 0 Å². The van der Waals surface area contributed by atoms with E-state index < -0.39 is 50.1 Å². The minimum Gasteiger partial charge on any atom is -0.549 e. The average molecular weight is 362 g/mol. The van der Waals surface area contributed by atoms with E-state index in [1.807, 2.05) is 0 Å². The van der Waals surface area contributed by atoms with Crippen molar-refractivity contribution in [3.8, 4) is 0 Å². The van der Waals surface area contributed by atoms with Crippen LogP contribution in [0.5, 0.6) is 0 Å². The number of rotatable bonds is 11. The van der Waals surface area contributed by atoms with Gasteiger partial charge in [0.25, 0.3) is 0 Å². The van der Waals surface area contributed by atoms with E-state index in [0.29, 0.717) is 0 Å². The number of aliphatic carboxylic acids is 4. The van der Waals surface area contributed by atoms with Crippen molar-refractivity contribution in [2.24, 2.45) is 0 Å². The third-order valence-corrected chi connectivity index (χ3v) is 2.14. The SMILES string of the molecule is O.O=C([O-])CN(CCN(CC(=O)[O-])CC(=O)[O-])CC(=O)[O-].[Fe+3]. The zero-order chi connectivity index (χ0) is 15.7. The molecule has 12 heteroatoms. The summed E-state index contributed by atoms with van der Waals surface area (Å²) in [6.45, 7) is -3.25. The van der Waals surface area contributed by atoms with E-state index >= 15 is 0 Å². The van der Waals surface area contributed by atoms with Crippen molar-refractivity contribution >= 4 is 23.9 Å². The van der Waals surface area contributed by atoms with Crippen LogP contribution in [0.15, 0.2) is 0 Å². The number of carbonyl (C=O) groups is 4. The summed E-state index contributed by atoms with van der Waals surface area (Å²) in [7, 11) is 0. The quantitative estimate of drug-likeness (QED) is 0.318. The topological polar surface area (TPSA) is 198 Å². The van der Waals surface area contributed by atoms with Crippen molar-refractivity contribution < 1.29 is 62.1 Å². The van der Waals surface area contributed by atoms with Gasteiger partial charge in [-0.2, -0.15) is 0 Å². The summed E-state index contributed by atoms with van der Waals surface area (Å²) in [5.74, 6) is -6.12. The summed E-state index contributed by atoms with van der Waals surface area (Å²) in [5.41, 5.74) is 0. The van der Waals surface area contributed by atoms with E-state index in [0.717, 1.165) is 9.80 Å². The molecule has 22 heavy (non-hydrogen) atoms. The van der Waals surface area contributed by atoms with Gasteiger partial charge in [0, 0.05) is 39.3 Å². The minimum absolute atomic E-state index is 0. The van der Waals surface area contributed by atoms with Crippen molar-refractivity contribution in [1.29, 1.82) is 0 Å². The second kappa shape index (κ2) is 13.0. The Balaban J connectivity index is -0.00000180. The molecule has 11 nitrogen and oxygen atoms in total. The maximum Gasteiger partial charge on any atom is 3.00 e. The average Bonchev–Trinajstić information content (AvgIpc) is 2.22. The molecule has 0 rings (SSSR count). The molecular formula is C10H14FeN2O9-. The molecule has 1 radical (unpaired) electrons. The van der Waals surface area contributed by atoms with Gasteiger partial charge >= 0.3 is 17.1 Å². The molecular weight excluding hydrogens is 348 g/mol. The first-order chi connectivity index (χ1) is 9.20. The molecule has 0 aliphatic heterocycles. The smallest absolute Gasteiger partial charge is 0.549 e. The van der Waals surface area contributed by atoms with Crippen LogP contribution in [0.1, 0.15) is 0 Å². The maximum absolute atomic E-state index is 10.4. The summed E-state index contributed by atoms with van der Waals surface area (Å²) in [5, 5.41) is 41.6. The van der Waals surface area contributed by atoms with Gasteiger partial charge in [0.15, 0.2) is 0 Å². The third kappa shape index (κ3) is 14.7. The Bertz CT molecular complexity index is 323. The van der Waals surface area contributed by atoms with Crippen molar-refractivity contribution in [2.75, 3.05) is 39.3 Å². The van der Waals surface area contributed by atoms with Crippen LogP contribution in [-0.2, 0) is 36.2 Å². The molecule has 0 heterocycles. The standard InChI is InChI=1S/C10H16N2O8.Fe.H2O/c13-7(14)3-11(4-8(15)16)1-2-12(5-9(17)18)6-10(19)20;;/h1-6H2,(H,13,14)(H,15,16)(H,17,18)(H,19,20);;1H2/q;+3;/p-4. The van der Waals surface area contributed by atoms with Crippen LogP contribution in [0.25, 0.3) is 0 Å². The van der Waals surface area contributed by atoms with Gasteiger partial charge in [0.05, 0.1) is 23.9 Å². The number of nitrogens with zero attached hydrogens (tertiary/aromatic N) is 2. The molecule has 2 N–H and O–H groups in total. The molecule has 127 valence electrons. The van der Waals surface area contributed by atoms with Crippen molar-refractivity contribution in [3.63, 3.8) is 0 Å². The van der Waals surface area contributed by atoms with Gasteiger partial charge in [-0.1, -0.05) is 0 Å². The molecule has 0 amide bonds. The van der Waals surface area contributed by atoms with Crippen molar-refractivity contribution in [2.45, 2.75) is 0 Å². The van der Waals surface area contributed by atoms with Gasteiger partial charge in [-0.25, -0.2) is 0 Å². The molecule has 0 unspecified atom stereocenters. The predicted molar refractivity (Wildman–Crippen MR) is 56.5 cm³/mol. The summed E-state index contributed by atoms with van der Waals surface area (Å²) in [4.78, 5) is 43.4. The first-order valence-electron chi connectivity index (χ1n) is 5.44. The van der Waals surface area contributed by atoms with Gasteiger partial charge < -0.3 is 45.1 Å². The summed E-state index contributed by atoms with van der Waals surface area (Å²) < 4.78 is 0. The van der Waals surface area contributed by atoms with E-state index in [9.17, 15) is 39.6 Å². The molecule has 0 saturated heterocycles. The van der Waals surface area contributed by atoms with Crippen LogP contribution in [0.4, 0.5) is 0 Å². The minimum atomic E-state index is -1.53. The van der Waals surface area contributed by atoms with Gasteiger partial charge in [-0.05, 0) is 0 Å². The molecule has 0 fully saturated rings. The van der Waals surface area contributed by atoms with Crippen LogP contribution in [0.2, 0.25) is 0 Å². The molecule has 0 aliphatic rings. The Morgan fingerprint density at radius 1 is 0.591 bits per heavy atom. The van der Waals surface area contributed by atoms with Crippen LogP contribution in [0.3, 0.4) is 0 Å². The molecule has 0 bridgehead atoms. The van der Waals surface area contributed by atoms with Gasteiger partial charge in [-0.15, -0.1) is 0 Å². The molecule has 0 aromatic rings. The van der Waals surface area contributed by atoms with Crippen molar-refractivity contribution in [3.05, 3.63) is 0 Å². The first-order valence-corrected chi connectivity index (χ1v) is 5.44. The van der Waals surface area contributed by atoms with E-state index in [1.165, 1.54) is 0 Å². The first kappa shape index (κ1) is 25.2. The van der Waals surface area contributed by atoms with Crippen LogP contribution < -0.4 is 20.4 Å². The van der Waals surface area contributed by atoms with E-state index in [1.54, 1.807) is 0 Å². The van der Waals surface area contributed by atoms with Gasteiger partial charge in [-0.3, -0.25) is 9.80 Å². The summed E-state index contributed by atoms with van der Waals surface area (Å²) >= 11 is 0. The van der Waals surface area contributed by atoms with Crippen molar-refractivity contribution in [1.82, 2.24) is 9.80 Å². The Morgan fingerprint density at radius 3 is 0.909 bits per heavy atom. The molecule has 0 aliphatic carbocycles. The monoisotopic (exact) mass is 362 g/mol. The Morgan fingerprint density at radius 2 is 0.773 bits per heavy atom. The fraction of sp³-hybridized carbons (Fsp3) is 0.600. The number of hydrogen-bond acceptors (Lipinski definition) is 10. The number of hydrogen-bond donors (Lipinski definition) is 0. The Hall–Kier alpha value is -1.72. The number of carbonyl (C=O) groups excluding carboxylic acids is 4. The largest absolute Gasteiger partial charge is 3.00 e. The molecule has 0 atom stereocenters. The molecule has 0 aromatic heterocycles. The van der Waals surface area contributed by atoms with Crippen LogP contribution >= 0.6 is 0 Å². The normalized spacial score (nSPS) is 9.73.